The molecule has 2 aromatic rings. The topological polar surface area (TPSA) is 49.4 Å². The van der Waals surface area contributed by atoms with Crippen LogP contribution in [-0.2, 0) is 11.3 Å². The number of nitrogens with one attached hydrogen (secondary N) is 1. The number of benzene rings is 1. The molecule has 4 nitrogen and oxygen atoms in total. The van der Waals surface area contributed by atoms with E-state index in [1.807, 2.05) is 0 Å². The first kappa shape index (κ1) is 14.7. The standard InChI is InChI=1S/C15H10ClFN2O2S/c16-13-6-5-11(22-13)7-12-14(20)19(15(21)18-12)8-9-1-3-10(17)4-2-9/h1-7H,8H2,(H,18,21)/b12-7+. The summed E-state index contributed by atoms with van der Waals surface area (Å²) in [7, 11) is 0. The van der Waals surface area contributed by atoms with E-state index >= 15 is 0 Å². The zero-order chi connectivity index (χ0) is 15.7. The Morgan fingerprint density at radius 3 is 2.55 bits per heavy atom. The Labute approximate surface area is 134 Å². The summed E-state index contributed by atoms with van der Waals surface area (Å²) < 4.78 is 13.5. The Bertz CT molecular complexity index is 770. The van der Waals surface area contributed by atoms with E-state index < -0.39 is 11.9 Å². The predicted octanol–water partition coefficient (Wildman–Crippen LogP) is 3.63. The number of imide groups is 1. The lowest BCUT2D eigenvalue weighted by molar-refractivity contribution is -0.123. The fourth-order valence-electron chi connectivity index (χ4n) is 2.04. The van der Waals surface area contributed by atoms with Gasteiger partial charge in [-0.05, 0) is 35.9 Å². The van der Waals surface area contributed by atoms with Crippen molar-refractivity contribution in [1.29, 1.82) is 0 Å². The molecule has 1 fully saturated rings. The van der Waals surface area contributed by atoms with Crippen molar-refractivity contribution in [1.82, 2.24) is 10.2 Å². The maximum Gasteiger partial charge on any atom is 0.329 e. The zero-order valence-corrected chi connectivity index (χ0v) is 12.7. The molecule has 0 bridgehead atoms. The number of hydrogen-bond donors (Lipinski definition) is 1. The van der Waals surface area contributed by atoms with Crippen molar-refractivity contribution in [3.05, 3.63) is 62.7 Å². The first-order valence-electron chi connectivity index (χ1n) is 6.37. The fourth-order valence-corrected chi connectivity index (χ4v) is 3.04. The summed E-state index contributed by atoms with van der Waals surface area (Å²) in [6.45, 7) is 0.0908. The van der Waals surface area contributed by atoms with Crippen molar-refractivity contribution in [2.45, 2.75) is 6.54 Å². The van der Waals surface area contributed by atoms with Crippen molar-refractivity contribution in [3.8, 4) is 0 Å². The van der Waals surface area contributed by atoms with Crippen LogP contribution < -0.4 is 5.32 Å². The number of hydrogen-bond acceptors (Lipinski definition) is 3. The minimum Gasteiger partial charge on any atom is -0.303 e. The summed E-state index contributed by atoms with van der Waals surface area (Å²) in [6.07, 6.45) is 1.58. The van der Waals surface area contributed by atoms with Crippen LogP contribution in [0.25, 0.3) is 6.08 Å². The van der Waals surface area contributed by atoms with Gasteiger partial charge in [-0.3, -0.25) is 9.69 Å². The summed E-state index contributed by atoms with van der Waals surface area (Å²) in [5, 5.41) is 2.53. The third-order valence-corrected chi connectivity index (χ3v) is 4.28. The summed E-state index contributed by atoms with van der Waals surface area (Å²) in [5.74, 6) is -0.782. The number of rotatable bonds is 3. The van der Waals surface area contributed by atoms with E-state index in [1.54, 1.807) is 18.2 Å². The summed E-state index contributed by atoms with van der Waals surface area (Å²) >= 11 is 7.15. The van der Waals surface area contributed by atoms with E-state index in [0.717, 1.165) is 9.78 Å². The predicted molar refractivity (Wildman–Crippen MR) is 82.8 cm³/mol. The normalized spacial score (nSPS) is 16.5. The Balaban J connectivity index is 1.79. The van der Waals surface area contributed by atoms with Gasteiger partial charge in [-0.15, -0.1) is 11.3 Å². The van der Waals surface area contributed by atoms with Gasteiger partial charge in [0.25, 0.3) is 5.91 Å². The molecule has 3 amide bonds. The monoisotopic (exact) mass is 336 g/mol. The highest BCUT2D eigenvalue weighted by Gasteiger charge is 2.33. The molecule has 22 heavy (non-hydrogen) atoms. The quantitative estimate of drug-likeness (QED) is 0.687. The van der Waals surface area contributed by atoms with Crippen molar-refractivity contribution in [2.75, 3.05) is 0 Å². The molecule has 112 valence electrons. The van der Waals surface area contributed by atoms with Gasteiger partial charge in [0.2, 0.25) is 0 Å². The third kappa shape index (κ3) is 3.03. The Hall–Kier alpha value is -2.18. The fraction of sp³-hybridized carbons (Fsp3) is 0.0667. The van der Waals surface area contributed by atoms with Gasteiger partial charge in [0.1, 0.15) is 11.5 Å². The second-order valence-electron chi connectivity index (χ2n) is 4.65. The number of nitrogens with zero attached hydrogens (tertiary/aromatic N) is 1. The molecule has 0 unspecified atom stereocenters. The average Bonchev–Trinajstić information content (AvgIpc) is 3.00. The summed E-state index contributed by atoms with van der Waals surface area (Å²) in [6, 6.07) is 8.64. The molecule has 1 aromatic carbocycles. The molecule has 1 N–H and O–H groups in total. The molecule has 0 radical (unpaired) electrons. The van der Waals surface area contributed by atoms with Crippen LogP contribution in [-0.4, -0.2) is 16.8 Å². The maximum atomic E-state index is 12.9. The van der Waals surface area contributed by atoms with Crippen LogP contribution >= 0.6 is 22.9 Å². The molecule has 1 aliphatic rings. The van der Waals surface area contributed by atoms with Gasteiger partial charge in [0, 0.05) is 4.88 Å². The molecule has 0 saturated carbocycles. The first-order chi connectivity index (χ1) is 10.5. The largest absolute Gasteiger partial charge is 0.329 e. The maximum absolute atomic E-state index is 12.9. The van der Waals surface area contributed by atoms with Gasteiger partial charge in [0.15, 0.2) is 0 Å². The zero-order valence-electron chi connectivity index (χ0n) is 11.2. The van der Waals surface area contributed by atoms with Crippen molar-refractivity contribution >= 4 is 41.0 Å². The number of carbonyl (C=O) groups excluding carboxylic acids is 2. The molecule has 0 spiro atoms. The molecule has 0 aliphatic carbocycles. The molecule has 1 saturated heterocycles. The van der Waals surface area contributed by atoms with Crippen LogP contribution in [0.15, 0.2) is 42.1 Å². The lowest BCUT2D eigenvalue weighted by Crippen LogP contribution is -2.30. The number of amides is 3. The highest BCUT2D eigenvalue weighted by atomic mass is 35.5. The third-order valence-electron chi connectivity index (χ3n) is 3.10. The lowest BCUT2D eigenvalue weighted by Gasteiger charge is -2.11. The van der Waals surface area contributed by atoms with Gasteiger partial charge >= 0.3 is 6.03 Å². The van der Waals surface area contributed by atoms with Crippen molar-refractivity contribution < 1.29 is 14.0 Å². The minimum atomic E-state index is -0.497. The number of urea groups is 1. The molecule has 7 heteroatoms. The minimum absolute atomic E-state index is 0.0908. The van der Waals surface area contributed by atoms with Gasteiger partial charge in [-0.2, -0.15) is 0 Å². The number of carbonyl (C=O) groups is 2. The van der Waals surface area contributed by atoms with E-state index in [4.69, 9.17) is 11.6 Å². The van der Waals surface area contributed by atoms with E-state index in [0.29, 0.717) is 9.90 Å². The van der Waals surface area contributed by atoms with Crippen molar-refractivity contribution in [2.24, 2.45) is 0 Å². The highest BCUT2D eigenvalue weighted by Crippen LogP contribution is 2.25. The van der Waals surface area contributed by atoms with Crippen LogP contribution in [0.3, 0.4) is 0 Å². The molecule has 1 aromatic heterocycles. The SMILES string of the molecule is O=C1N/C(=C/c2ccc(Cl)s2)C(=O)N1Cc1ccc(F)cc1. The van der Waals surface area contributed by atoms with Crippen LogP contribution in [0.5, 0.6) is 0 Å². The van der Waals surface area contributed by atoms with Gasteiger partial charge < -0.3 is 5.32 Å². The molecular weight excluding hydrogens is 327 g/mol. The summed E-state index contributed by atoms with van der Waals surface area (Å²) in [4.78, 5) is 26.0. The smallest absolute Gasteiger partial charge is 0.303 e. The average molecular weight is 337 g/mol. The van der Waals surface area contributed by atoms with Crippen LogP contribution in [0, 0.1) is 5.82 Å². The van der Waals surface area contributed by atoms with Crippen LogP contribution in [0.1, 0.15) is 10.4 Å². The van der Waals surface area contributed by atoms with E-state index in [-0.39, 0.29) is 18.1 Å². The van der Waals surface area contributed by atoms with Crippen molar-refractivity contribution in [3.63, 3.8) is 0 Å². The molecule has 3 rings (SSSR count). The Kier molecular flexibility index (Phi) is 3.96. The molecule has 1 aliphatic heterocycles. The van der Waals surface area contributed by atoms with E-state index in [2.05, 4.69) is 5.32 Å². The van der Waals surface area contributed by atoms with Gasteiger partial charge in [0.05, 0.1) is 10.9 Å². The first-order valence-corrected chi connectivity index (χ1v) is 7.57. The molecule has 2 heterocycles. The molecular formula is C15H10ClFN2O2S. The number of thiophene rings is 1. The van der Waals surface area contributed by atoms with Crippen LogP contribution in [0.2, 0.25) is 4.34 Å². The van der Waals surface area contributed by atoms with Crippen LogP contribution in [0.4, 0.5) is 9.18 Å². The highest BCUT2D eigenvalue weighted by molar-refractivity contribution is 7.17. The lowest BCUT2D eigenvalue weighted by atomic mass is 10.2. The van der Waals surface area contributed by atoms with Gasteiger partial charge in [-0.25, -0.2) is 9.18 Å². The Morgan fingerprint density at radius 2 is 1.91 bits per heavy atom. The second kappa shape index (κ2) is 5.90. The summed E-state index contributed by atoms with van der Waals surface area (Å²) in [5.41, 5.74) is 0.871. The van der Waals surface area contributed by atoms with E-state index in [9.17, 15) is 14.0 Å². The second-order valence-corrected chi connectivity index (χ2v) is 6.39. The molecule has 0 atom stereocenters. The number of halogens is 2. The van der Waals surface area contributed by atoms with Gasteiger partial charge in [-0.1, -0.05) is 23.7 Å². The Morgan fingerprint density at radius 1 is 1.18 bits per heavy atom. The van der Waals surface area contributed by atoms with E-state index in [1.165, 1.54) is 35.6 Å².